The molecule has 1 aliphatic heterocycles. The lowest BCUT2D eigenvalue weighted by molar-refractivity contribution is 0.210. The van der Waals surface area contributed by atoms with Crippen LogP contribution in [0.15, 0.2) is 12.1 Å². The van der Waals surface area contributed by atoms with E-state index in [-0.39, 0.29) is 0 Å². The molecule has 0 spiro atoms. The maximum atomic E-state index is 6.15. The molecule has 0 radical (unpaired) electrons. The molecule has 1 atom stereocenters. The molecule has 0 bridgehead atoms. The molecule has 1 aromatic rings. The van der Waals surface area contributed by atoms with E-state index in [0.717, 1.165) is 37.4 Å². The summed E-state index contributed by atoms with van der Waals surface area (Å²) in [6.07, 6.45) is 4.94. The zero-order valence-corrected chi connectivity index (χ0v) is 10.3. The monoisotopic (exact) mass is 233 g/mol. The summed E-state index contributed by atoms with van der Waals surface area (Å²) in [7, 11) is 1.72. The van der Waals surface area contributed by atoms with Crippen LogP contribution < -0.4 is 14.8 Å². The zero-order valence-electron chi connectivity index (χ0n) is 10.3. The lowest BCUT2D eigenvalue weighted by Crippen LogP contribution is -2.20. The van der Waals surface area contributed by atoms with Crippen LogP contribution in [0.25, 0.3) is 0 Å². The van der Waals surface area contributed by atoms with E-state index in [1.54, 1.807) is 7.11 Å². The molecule has 92 valence electrons. The van der Waals surface area contributed by atoms with Crippen LogP contribution in [0.2, 0.25) is 0 Å². The second-order valence-corrected chi connectivity index (χ2v) is 4.82. The topological polar surface area (TPSA) is 30.5 Å². The molecule has 0 aromatic heterocycles. The van der Waals surface area contributed by atoms with Crippen LogP contribution in [0.3, 0.4) is 0 Å². The van der Waals surface area contributed by atoms with Crippen molar-refractivity contribution in [1.82, 2.24) is 5.32 Å². The van der Waals surface area contributed by atoms with Crippen LogP contribution in [0, 0.1) is 0 Å². The molecule has 1 unspecified atom stereocenters. The molecular weight excluding hydrogens is 214 g/mol. The van der Waals surface area contributed by atoms with Crippen molar-refractivity contribution in [3.63, 3.8) is 0 Å². The molecule has 2 aliphatic rings. The molecule has 1 N–H and O–H groups in total. The molecule has 1 saturated heterocycles. The first-order valence-corrected chi connectivity index (χ1v) is 6.44. The van der Waals surface area contributed by atoms with Crippen LogP contribution in [0.5, 0.6) is 11.5 Å². The van der Waals surface area contributed by atoms with E-state index >= 15 is 0 Å². The summed E-state index contributed by atoms with van der Waals surface area (Å²) >= 11 is 0. The first kappa shape index (κ1) is 10.9. The lowest BCUT2D eigenvalue weighted by atomic mass is 10.1. The van der Waals surface area contributed by atoms with Gasteiger partial charge in [0.15, 0.2) is 11.5 Å². The third-order valence-electron chi connectivity index (χ3n) is 3.71. The van der Waals surface area contributed by atoms with Gasteiger partial charge in [-0.1, -0.05) is 6.07 Å². The van der Waals surface area contributed by atoms with Gasteiger partial charge in [0.2, 0.25) is 0 Å². The molecule has 17 heavy (non-hydrogen) atoms. The van der Waals surface area contributed by atoms with Crippen molar-refractivity contribution in [2.75, 3.05) is 20.2 Å². The van der Waals surface area contributed by atoms with E-state index in [9.17, 15) is 0 Å². The van der Waals surface area contributed by atoms with Crippen molar-refractivity contribution in [3.05, 3.63) is 23.3 Å². The Morgan fingerprint density at radius 2 is 2.24 bits per heavy atom. The number of methoxy groups -OCH3 is 1. The molecular formula is C14H19NO2. The molecule has 0 amide bonds. The predicted molar refractivity (Wildman–Crippen MR) is 66.9 cm³/mol. The second-order valence-electron chi connectivity index (χ2n) is 4.82. The number of rotatable bonds is 3. The fraction of sp³-hybridized carbons (Fsp3) is 0.571. The lowest BCUT2D eigenvalue weighted by Gasteiger charge is -2.18. The average molecular weight is 233 g/mol. The Bertz CT molecular complexity index is 411. The third-order valence-corrected chi connectivity index (χ3v) is 3.71. The van der Waals surface area contributed by atoms with Crippen molar-refractivity contribution in [3.8, 4) is 11.5 Å². The van der Waals surface area contributed by atoms with Gasteiger partial charge in [-0.2, -0.15) is 0 Å². The number of aryl methyl sites for hydroxylation is 1. The minimum Gasteiger partial charge on any atom is -0.493 e. The molecule has 3 heteroatoms. The van der Waals surface area contributed by atoms with Crippen molar-refractivity contribution in [2.45, 2.75) is 31.8 Å². The van der Waals surface area contributed by atoms with Crippen LogP contribution in [0.4, 0.5) is 0 Å². The predicted octanol–water partition coefficient (Wildman–Crippen LogP) is 1.92. The highest BCUT2D eigenvalue weighted by Crippen LogP contribution is 2.39. The van der Waals surface area contributed by atoms with E-state index in [1.165, 1.54) is 24.0 Å². The standard InChI is InChI=1S/C14H19NO2/c1-16-13-6-5-10-3-2-4-12(10)14(13)17-11-7-8-15-9-11/h5-6,11,15H,2-4,7-9H2,1H3. The molecule has 1 aromatic carbocycles. The summed E-state index contributed by atoms with van der Waals surface area (Å²) in [5.41, 5.74) is 2.81. The van der Waals surface area contributed by atoms with E-state index in [1.807, 2.05) is 6.07 Å². The summed E-state index contributed by atoms with van der Waals surface area (Å²) in [6.45, 7) is 2.01. The van der Waals surface area contributed by atoms with Crippen LogP contribution in [-0.2, 0) is 12.8 Å². The van der Waals surface area contributed by atoms with Crippen LogP contribution >= 0.6 is 0 Å². The number of benzene rings is 1. The number of nitrogens with one attached hydrogen (secondary N) is 1. The Hall–Kier alpha value is -1.22. The summed E-state index contributed by atoms with van der Waals surface area (Å²) in [4.78, 5) is 0. The van der Waals surface area contributed by atoms with Crippen molar-refractivity contribution < 1.29 is 9.47 Å². The second kappa shape index (κ2) is 4.57. The highest BCUT2D eigenvalue weighted by molar-refractivity contribution is 5.52. The van der Waals surface area contributed by atoms with Gasteiger partial charge >= 0.3 is 0 Å². The van der Waals surface area contributed by atoms with Gasteiger partial charge in [-0.15, -0.1) is 0 Å². The van der Waals surface area contributed by atoms with Crippen LogP contribution in [-0.4, -0.2) is 26.3 Å². The Morgan fingerprint density at radius 3 is 3.00 bits per heavy atom. The van der Waals surface area contributed by atoms with Crippen LogP contribution in [0.1, 0.15) is 24.0 Å². The molecule has 1 heterocycles. The maximum Gasteiger partial charge on any atom is 0.165 e. The van der Waals surface area contributed by atoms with E-state index < -0.39 is 0 Å². The first-order valence-electron chi connectivity index (χ1n) is 6.44. The largest absolute Gasteiger partial charge is 0.493 e. The third kappa shape index (κ3) is 2.00. The summed E-state index contributed by atoms with van der Waals surface area (Å²) in [5, 5.41) is 3.33. The minimum absolute atomic E-state index is 0.302. The molecule has 0 saturated carbocycles. The average Bonchev–Trinajstić information content (AvgIpc) is 2.99. The summed E-state index contributed by atoms with van der Waals surface area (Å²) in [5.74, 6) is 1.88. The van der Waals surface area contributed by atoms with Crippen molar-refractivity contribution in [1.29, 1.82) is 0 Å². The van der Waals surface area contributed by atoms with E-state index in [4.69, 9.17) is 9.47 Å². The molecule has 3 rings (SSSR count). The Kier molecular flexibility index (Phi) is 2.93. The Balaban J connectivity index is 1.92. The maximum absolute atomic E-state index is 6.15. The van der Waals surface area contributed by atoms with Gasteiger partial charge in [0, 0.05) is 12.1 Å². The van der Waals surface area contributed by atoms with E-state index in [0.29, 0.717) is 6.10 Å². The molecule has 1 aliphatic carbocycles. The SMILES string of the molecule is COc1ccc2c(c1OC1CCNC1)CCC2. The van der Waals surface area contributed by atoms with E-state index in [2.05, 4.69) is 11.4 Å². The minimum atomic E-state index is 0.302. The first-order chi connectivity index (χ1) is 8.38. The molecule has 3 nitrogen and oxygen atoms in total. The summed E-state index contributed by atoms with van der Waals surface area (Å²) < 4.78 is 11.6. The van der Waals surface area contributed by atoms with Gasteiger partial charge in [0.1, 0.15) is 6.10 Å². The smallest absolute Gasteiger partial charge is 0.165 e. The number of ether oxygens (including phenoxy) is 2. The normalized spacial score (nSPS) is 22.5. The zero-order chi connectivity index (χ0) is 11.7. The fourth-order valence-corrected chi connectivity index (χ4v) is 2.80. The Morgan fingerprint density at radius 1 is 1.29 bits per heavy atom. The highest BCUT2D eigenvalue weighted by atomic mass is 16.5. The Labute approximate surface area is 102 Å². The van der Waals surface area contributed by atoms with Gasteiger partial charge in [-0.25, -0.2) is 0 Å². The summed E-state index contributed by atoms with van der Waals surface area (Å²) in [6, 6.07) is 4.22. The quantitative estimate of drug-likeness (QED) is 0.865. The van der Waals surface area contributed by atoms with Crippen molar-refractivity contribution >= 4 is 0 Å². The van der Waals surface area contributed by atoms with Gasteiger partial charge in [0.25, 0.3) is 0 Å². The van der Waals surface area contributed by atoms with Gasteiger partial charge in [-0.3, -0.25) is 0 Å². The van der Waals surface area contributed by atoms with Crippen molar-refractivity contribution in [2.24, 2.45) is 0 Å². The molecule has 1 fully saturated rings. The fourth-order valence-electron chi connectivity index (χ4n) is 2.80. The van der Waals surface area contributed by atoms with Gasteiger partial charge in [-0.05, 0) is 43.9 Å². The number of hydrogen-bond acceptors (Lipinski definition) is 3. The number of fused-ring (bicyclic) bond motifs is 1. The highest BCUT2D eigenvalue weighted by Gasteiger charge is 2.23. The number of hydrogen-bond donors (Lipinski definition) is 1. The van der Waals surface area contributed by atoms with Gasteiger partial charge in [0.05, 0.1) is 7.11 Å². The van der Waals surface area contributed by atoms with Gasteiger partial charge < -0.3 is 14.8 Å².